The molecule has 2 N–H and O–H groups in total. The highest BCUT2D eigenvalue weighted by atomic mass is 127. The fourth-order valence-electron chi connectivity index (χ4n) is 2.78. The molecule has 0 spiro atoms. The summed E-state index contributed by atoms with van der Waals surface area (Å²) in [6, 6.07) is 9.88. The standard InChI is InChI=1S/C18H24ClN5O.HI/c1-13(2)17-11-16(25-22-17)12-21-18(20)24-9-7-23(8-10-24)15-5-3-14(19)4-6-15;/h3-6,11,13H,7-10,12H2,1-2H3,(H2,20,21);1H. The second kappa shape index (κ2) is 9.45. The molecule has 0 saturated carbocycles. The summed E-state index contributed by atoms with van der Waals surface area (Å²) in [7, 11) is 0. The number of halogens is 2. The number of aliphatic imine (C=N–C) groups is 1. The first-order valence-electron chi connectivity index (χ1n) is 8.54. The highest BCUT2D eigenvalue weighted by Crippen LogP contribution is 2.19. The van der Waals surface area contributed by atoms with Crippen molar-refractivity contribution in [1.29, 1.82) is 0 Å². The zero-order valence-corrected chi connectivity index (χ0v) is 18.1. The largest absolute Gasteiger partial charge is 0.370 e. The average molecular weight is 490 g/mol. The molecule has 6 nitrogen and oxygen atoms in total. The fraction of sp³-hybridized carbons (Fsp3) is 0.444. The molecule has 2 aromatic rings. The molecular formula is C18H25ClIN5O. The van der Waals surface area contributed by atoms with Crippen LogP contribution in [0.5, 0.6) is 0 Å². The summed E-state index contributed by atoms with van der Waals surface area (Å²) in [5.74, 6) is 1.64. The maximum atomic E-state index is 6.14. The molecule has 1 fully saturated rings. The third kappa shape index (κ3) is 5.26. The smallest absolute Gasteiger partial charge is 0.191 e. The van der Waals surface area contributed by atoms with Gasteiger partial charge in [-0.2, -0.15) is 0 Å². The number of guanidine groups is 1. The van der Waals surface area contributed by atoms with E-state index in [0.29, 0.717) is 18.4 Å². The van der Waals surface area contributed by atoms with Gasteiger partial charge in [-0.25, -0.2) is 4.99 Å². The van der Waals surface area contributed by atoms with Crippen molar-refractivity contribution >= 4 is 47.2 Å². The van der Waals surface area contributed by atoms with Gasteiger partial charge in [0.25, 0.3) is 0 Å². The van der Waals surface area contributed by atoms with E-state index in [2.05, 4.69) is 33.8 Å². The Morgan fingerprint density at radius 3 is 2.46 bits per heavy atom. The van der Waals surface area contributed by atoms with Crippen LogP contribution in [0.15, 0.2) is 39.8 Å². The number of benzene rings is 1. The summed E-state index contributed by atoms with van der Waals surface area (Å²) < 4.78 is 5.30. The quantitative estimate of drug-likeness (QED) is 0.403. The Bertz CT molecular complexity index is 723. The Hall–Kier alpha value is -1.48. The van der Waals surface area contributed by atoms with E-state index in [4.69, 9.17) is 21.9 Å². The molecule has 8 heteroatoms. The molecule has 2 heterocycles. The van der Waals surface area contributed by atoms with Gasteiger partial charge in [-0.15, -0.1) is 24.0 Å². The normalized spacial score (nSPS) is 15.3. The minimum absolute atomic E-state index is 0. The van der Waals surface area contributed by atoms with Crippen LogP contribution in [0.4, 0.5) is 5.69 Å². The Morgan fingerprint density at radius 1 is 1.23 bits per heavy atom. The average Bonchev–Trinajstić information content (AvgIpc) is 3.10. The number of nitrogens with two attached hydrogens (primary N) is 1. The van der Waals surface area contributed by atoms with Crippen molar-refractivity contribution in [2.75, 3.05) is 31.1 Å². The second-order valence-corrected chi connectivity index (χ2v) is 6.93. The number of rotatable bonds is 4. The molecule has 0 amide bonds. The number of anilines is 1. The highest BCUT2D eigenvalue weighted by Gasteiger charge is 2.18. The van der Waals surface area contributed by atoms with Crippen LogP contribution in [0.3, 0.4) is 0 Å². The summed E-state index contributed by atoms with van der Waals surface area (Å²) in [6.45, 7) is 8.06. The van der Waals surface area contributed by atoms with Crippen molar-refractivity contribution in [3.63, 3.8) is 0 Å². The monoisotopic (exact) mass is 489 g/mol. The lowest BCUT2D eigenvalue weighted by atomic mass is 10.1. The number of nitrogens with zero attached hydrogens (tertiary/aromatic N) is 4. The van der Waals surface area contributed by atoms with Crippen molar-refractivity contribution in [2.24, 2.45) is 10.7 Å². The van der Waals surface area contributed by atoms with E-state index >= 15 is 0 Å². The fourth-order valence-corrected chi connectivity index (χ4v) is 2.91. The Kier molecular flexibility index (Phi) is 7.57. The maximum absolute atomic E-state index is 6.14. The van der Waals surface area contributed by atoms with Gasteiger partial charge in [0.1, 0.15) is 6.54 Å². The summed E-state index contributed by atoms with van der Waals surface area (Å²) in [4.78, 5) is 8.88. The van der Waals surface area contributed by atoms with Gasteiger partial charge >= 0.3 is 0 Å². The van der Waals surface area contributed by atoms with Crippen LogP contribution in [-0.4, -0.2) is 42.2 Å². The van der Waals surface area contributed by atoms with Crippen LogP contribution >= 0.6 is 35.6 Å². The Labute approximate surface area is 176 Å². The predicted octanol–water partition coefficient (Wildman–Crippen LogP) is 3.71. The molecule has 1 aromatic heterocycles. The summed E-state index contributed by atoms with van der Waals surface area (Å²) in [5.41, 5.74) is 8.27. The van der Waals surface area contributed by atoms with Gasteiger partial charge in [0.2, 0.25) is 0 Å². The van der Waals surface area contributed by atoms with Gasteiger partial charge < -0.3 is 20.1 Å². The summed E-state index contributed by atoms with van der Waals surface area (Å²) in [6.07, 6.45) is 0. The van der Waals surface area contributed by atoms with Crippen molar-refractivity contribution in [3.8, 4) is 0 Å². The van der Waals surface area contributed by atoms with E-state index in [0.717, 1.165) is 42.7 Å². The first kappa shape index (κ1) is 20.8. The molecule has 1 aromatic carbocycles. The van der Waals surface area contributed by atoms with Crippen LogP contribution in [0.2, 0.25) is 5.02 Å². The van der Waals surface area contributed by atoms with Crippen LogP contribution in [-0.2, 0) is 6.54 Å². The topological polar surface area (TPSA) is 70.9 Å². The Morgan fingerprint density at radius 2 is 1.88 bits per heavy atom. The predicted molar refractivity (Wildman–Crippen MR) is 117 cm³/mol. The summed E-state index contributed by atoms with van der Waals surface area (Å²) >= 11 is 5.95. The number of aromatic nitrogens is 1. The molecule has 0 radical (unpaired) electrons. The van der Waals surface area contributed by atoms with Crippen molar-refractivity contribution < 1.29 is 4.52 Å². The molecule has 1 aliphatic rings. The molecule has 0 unspecified atom stereocenters. The van der Waals surface area contributed by atoms with Crippen LogP contribution in [0.25, 0.3) is 0 Å². The highest BCUT2D eigenvalue weighted by molar-refractivity contribution is 14.0. The van der Waals surface area contributed by atoms with Gasteiger partial charge in [0, 0.05) is 43.0 Å². The SMILES string of the molecule is CC(C)c1cc(CN=C(N)N2CCN(c3ccc(Cl)cc3)CC2)on1.I. The van der Waals surface area contributed by atoms with E-state index in [1.807, 2.05) is 30.3 Å². The summed E-state index contributed by atoms with van der Waals surface area (Å²) in [5, 5.41) is 4.80. The molecule has 1 saturated heterocycles. The van der Waals surface area contributed by atoms with Gasteiger partial charge in [0.15, 0.2) is 11.7 Å². The number of hydrogen-bond acceptors (Lipinski definition) is 4. The van der Waals surface area contributed by atoms with Crippen molar-refractivity contribution in [1.82, 2.24) is 10.1 Å². The van der Waals surface area contributed by atoms with Gasteiger partial charge in [-0.3, -0.25) is 0 Å². The van der Waals surface area contributed by atoms with Gasteiger partial charge in [-0.1, -0.05) is 30.6 Å². The first-order chi connectivity index (χ1) is 12.0. The molecule has 1 aliphatic heterocycles. The van der Waals surface area contributed by atoms with E-state index in [1.165, 1.54) is 5.69 Å². The first-order valence-corrected chi connectivity index (χ1v) is 8.91. The minimum Gasteiger partial charge on any atom is -0.370 e. The second-order valence-electron chi connectivity index (χ2n) is 6.50. The minimum atomic E-state index is 0. The molecule has 142 valence electrons. The molecule has 0 atom stereocenters. The molecule has 0 bridgehead atoms. The van der Waals surface area contributed by atoms with E-state index < -0.39 is 0 Å². The van der Waals surface area contributed by atoms with Crippen LogP contribution in [0.1, 0.15) is 31.2 Å². The van der Waals surface area contributed by atoms with Crippen molar-refractivity contribution in [3.05, 3.63) is 46.8 Å². The van der Waals surface area contributed by atoms with E-state index in [9.17, 15) is 0 Å². The van der Waals surface area contributed by atoms with Gasteiger partial charge in [0.05, 0.1) is 5.69 Å². The van der Waals surface area contributed by atoms with Crippen LogP contribution < -0.4 is 10.6 Å². The zero-order chi connectivity index (χ0) is 17.8. The zero-order valence-electron chi connectivity index (χ0n) is 15.1. The van der Waals surface area contributed by atoms with Crippen LogP contribution in [0, 0.1) is 0 Å². The molecule has 26 heavy (non-hydrogen) atoms. The lowest BCUT2D eigenvalue weighted by molar-refractivity contribution is 0.368. The maximum Gasteiger partial charge on any atom is 0.191 e. The van der Waals surface area contributed by atoms with E-state index in [1.54, 1.807) is 0 Å². The van der Waals surface area contributed by atoms with Gasteiger partial charge in [-0.05, 0) is 30.2 Å². The van der Waals surface area contributed by atoms with Crippen molar-refractivity contribution in [2.45, 2.75) is 26.3 Å². The van der Waals surface area contributed by atoms with E-state index in [-0.39, 0.29) is 24.0 Å². The molecular weight excluding hydrogens is 465 g/mol. The number of piperazine rings is 1. The lowest BCUT2D eigenvalue weighted by Gasteiger charge is -2.36. The molecule has 0 aliphatic carbocycles. The third-order valence-electron chi connectivity index (χ3n) is 4.36. The lowest BCUT2D eigenvalue weighted by Crippen LogP contribution is -2.51. The molecule has 3 rings (SSSR count). The number of hydrogen-bond donors (Lipinski definition) is 1. The third-order valence-corrected chi connectivity index (χ3v) is 4.61. The Balaban J connectivity index is 0.00000243.